The fraction of sp³-hybridized carbons (Fsp3) is 0.438. The fourth-order valence-electron chi connectivity index (χ4n) is 2.66. The van der Waals surface area contributed by atoms with Crippen LogP contribution in [0.2, 0.25) is 0 Å². The van der Waals surface area contributed by atoms with E-state index in [1.165, 1.54) is 18.6 Å². The molecule has 0 amide bonds. The Morgan fingerprint density at radius 3 is 2.27 bits per heavy atom. The van der Waals surface area contributed by atoms with Crippen molar-refractivity contribution in [2.45, 2.75) is 19.2 Å². The van der Waals surface area contributed by atoms with Gasteiger partial charge in [0.2, 0.25) is 5.95 Å². The number of rotatable bonds is 11. The van der Waals surface area contributed by atoms with Gasteiger partial charge in [0.1, 0.15) is 24.0 Å². The first-order valence-corrected chi connectivity index (χ1v) is 13.7. The third-order valence-electron chi connectivity index (χ3n) is 4.22. The maximum Gasteiger partial charge on any atom is 0.350 e. The van der Waals surface area contributed by atoms with E-state index in [1.807, 2.05) is 0 Å². The van der Waals surface area contributed by atoms with Gasteiger partial charge in [-0.05, 0) is 6.07 Å². The van der Waals surface area contributed by atoms with Gasteiger partial charge in [-0.1, -0.05) is 0 Å². The number of anilines is 3. The Morgan fingerprint density at radius 1 is 1.00 bits per heavy atom. The highest BCUT2D eigenvalue weighted by molar-refractivity contribution is 7.51. The van der Waals surface area contributed by atoms with Gasteiger partial charge in [0, 0.05) is 12.7 Å². The number of aliphatic hydroxyl groups excluding tert-OH is 1. The van der Waals surface area contributed by atoms with Crippen molar-refractivity contribution >= 4 is 43.9 Å². The molecule has 0 radical (unpaired) electrons. The van der Waals surface area contributed by atoms with E-state index in [2.05, 4.69) is 19.9 Å². The molecule has 11 N–H and O–H groups in total. The Hall–Kier alpha value is -2.99. The highest BCUT2D eigenvalue weighted by Crippen LogP contribution is 2.34. The van der Waals surface area contributed by atoms with Crippen molar-refractivity contribution < 1.29 is 43.3 Å². The first kappa shape index (κ1) is 30.2. The van der Waals surface area contributed by atoms with Crippen molar-refractivity contribution in [3.8, 4) is 0 Å². The van der Waals surface area contributed by atoms with Gasteiger partial charge >= 0.3 is 20.9 Å². The van der Waals surface area contributed by atoms with E-state index in [1.54, 1.807) is 4.57 Å². The van der Waals surface area contributed by atoms with E-state index in [-0.39, 0.29) is 30.7 Å². The molecule has 3 heterocycles. The van der Waals surface area contributed by atoms with Crippen molar-refractivity contribution in [1.29, 1.82) is 0 Å². The fourth-order valence-corrected chi connectivity index (χ4v) is 3.43. The first-order chi connectivity index (χ1) is 17.2. The van der Waals surface area contributed by atoms with Crippen LogP contribution in [0, 0.1) is 0 Å². The summed E-state index contributed by atoms with van der Waals surface area (Å²) in [6.07, 6.45) is 0.471. The van der Waals surface area contributed by atoms with Crippen molar-refractivity contribution in [2.75, 3.05) is 43.1 Å². The minimum absolute atomic E-state index is 0.0304. The van der Waals surface area contributed by atoms with E-state index in [9.17, 15) is 13.9 Å². The standard InChI is InChI=1S/C8H13N6O4P.C8H14N3O6P/c9-6-5-7(13-8(10)12-6)14(3-11-5)1-2-18-4-19(15,16)17;9-7-1-2-11(8(13)10-7)3-6(4-12)17-5-18(14,15)16/h3H,1-2,4H2,(H2,15,16,17)(H4,9,10,12,13);1-2,6,12H,3-5H2,(H2,9,10,13)(H2,14,15,16)/t;6-/m.0/s1. The van der Waals surface area contributed by atoms with Crippen LogP contribution in [0.5, 0.6) is 0 Å². The topological polar surface area (TPSA) is 310 Å². The Kier molecular flexibility index (Phi) is 10.6. The summed E-state index contributed by atoms with van der Waals surface area (Å²) in [7, 11) is -8.46. The van der Waals surface area contributed by atoms with Crippen LogP contribution < -0.4 is 22.9 Å². The third kappa shape index (κ3) is 10.5. The molecule has 0 bridgehead atoms. The zero-order valence-electron chi connectivity index (χ0n) is 19.1. The lowest BCUT2D eigenvalue weighted by Gasteiger charge is -2.16. The van der Waals surface area contributed by atoms with Crippen molar-refractivity contribution in [3.05, 3.63) is 29.1 Å². The summed E-state index contributed by atoms with van der Waals surface area (Å²) < 4.78 is 33.6. The van der Waals surface area contributed by atoms with E-state index >= 15 is 0 Å². The molecular formula is C16H27N9O10P2. The van der Waals surface area contributed by atoms with Gasteiger partial charge < -0.3 is 55.9 Å². The average molecular weight is 567 g/mol. The van der Waals surface area contributed by atoms with Crippen LogP contribution in [0.15, 0.2) is 23.4 Å². The monoisotopic (exact) mass is 567 g/mol. The van der Waals surface area contributed by atoms with Gasteiger partial charge in [-0.15, -0.1) is 0 Å². The SMILES string of the molecule is Nc1ccn(C[C@@H](CO)OCP(=O)(O)O)c(=O)n1.Nc1nc(N)c2ncn(CCOCP(=O)(O)O)c2n1. The molecule has 3 aromatic rings. The number of hydrogen-bond donors (Lipinski definition) is 8. The highest BCUT2D eigenvalue weighted by atomic mass is 31.2. The number of fused-ring (bicyclic) bond motifs is 1. The number of aromatic nitrogens is 6. The molecule has 0 aliphatic heterocycles. The summed E-state index contributed by atoms with van der Waals surface area (Å²) in [5.74, 6) is 0.271. The van der Waals surface area contributed by atoms with Gasteiger partial charge in [0.05, 0.1) is 32.2 Å². The Morgan fingerprint density at radius 2 is 1.68 bits per heavy atom. The molecule has 0 aliphatic rings. The second-order valence-corrected chi connectivity index (χ2v) is 10.5. The average Bonchev–Trinajstić information content (AvgIpc) is 3.18. The summed E-state index contributed by atoms with van der Waals surface area (Å²) >= 11 is 0. The molecule has 0 saturated carbocycles. The van der Waals surface area contributed by atoms with Gasteiger partial charge in [0.25, 0.3) is 0 Å². The summed E-state index contributed by atoms with van der Waals surface area (Å²) in [6, 6.07) is 1.39. The molecule has 21 heteroatoms. The number of nitrogens with zero attached hydrogens (tertiary/aromatic N) is 6. The summed E-state index contributed by atoms with van der Waals surface area (Å²) in [5.41, 5.74) is 16.7. The number of imidazole rings is 1. The van der Waals surface area contributed by atoms with E-state index in [0.717, 1.165) is 4.57 Å². The van der Waals surface area contributed by atoms with Crippen LogP contribution >= 0.6 is 15.2 Å². The molecule has 206 valence electrons. The molecule has 3 aromatic heterocycles. The molecule has 19 nitrogen and oxygen atoms in total. The molecule has 0 aliphatic carbocycles. The van der Waals surface area contributed by atoms with Gasteiger partial charge in [-0.25, -0.2) is 9.78 Å². The summed E-state index contributed by atoms with van der Waals surface area (Å²) in [5, 5.41) is 8.99. The molecule has 1 atom stereocenters. The lowest BCUT2D eigenvalue weighted by atomic mass is 10.3. The maximum atomic E-state index is 11.4. The minimum atomic E-state index is -4.31. The largest absolute Gasteiger partial charge is 0.394 e. The van der Waals surface area contributed by atoms with E-state index < -0.39 is 46.3 Å². The van der Waals surface area contributed by atoms with Gasteiger partial charge in [-0.2, -0.15) is 15.0 Å². The van der Waals surface area contributed by atoms with Crippen molar-refractivity contribution in [1.82, 2.24) is 29.1 Å². The number of ether oxygens (including phenoxy) is 2. The number of hydrogen-bond acceptors (Lipinski definition) is 13. The normalized spacial score (nSPS) is 12.8. The molecule has 0 saturated heterocycles. The summed E-state index contributed by atoms with van der Waals surface area (Å²) in [6.45, 7) is -0.161. The first-order valence-electron chi connectivity index (χ1n) is 10.1. The summed E-state index contributed by atoms with van der Waals surface area (Å²) in [4.78, 5) is 61.2. The van der Waals surface area contributed by atoms with Crippen LogP contribution in [0.3, 0.4) is 0 Å². The molecule has 0 spiro atoms. The van der Waals surface area contributed by atoms with Crippen molar-refractivity contribution in [3.63, 3.8) is 0 Å². The van der Waals surface area contributed by atoms with Gasteiger partial charge in [-0.3, -0.25) is 13.7 Å². The van der Waals surface area contributed by atoms with Gasteiger partial charge in [0.15, 0.2) is 11.5 Å². The Bertz CT molecular complexity index is 1340. The number of nitrogen functional groups attached to an aromatic ring is 3. The number of nitrogens with two attached hydrogens (primary N) is 3. The predicted molar refractivity (Wildman–Crippen MR) is 129 cm³/mol. The molecular weight excluding hydrogens is 540 g/mol. The quantitative estimate of drug-likeness (QED) is 0.0875. The number of aliphatic hydroxyl groups is 1. The van der Waals surface area contributed by atoms with Crippen molar-refractivity contribution in [2.24, 2.45) is 0 Å². The lowest BCUT2D eigenvalue weighted by Crippen LogP contribution is -2.32. The van der Waals surface area contributed by atoms with E-state index in [4.69, 9.17) is 51.4 Å². The molecule has 0 fully saturated rings. The van der Waals surface area contributed by atoms with Crippen LogP contribution in [-0.4, -0.2) is 85.8 Å². The Balaban J connectivity index is 0.000000261. The van der Waals surface area contributed by atoms with Crippen LogP contribution in [-0.2, 0) is 31.7 Å². The zero-order chi connectivity index (χ0) is 27.8. The Labute approximate surface area is 208 Å². The molecule has 3 rings (SSSR count). The molecule has 0 unspecified atom stereocenters. The highest BCUT2D eigenvalue weighted by Gasteiger charge is 2.18. The predicted octanol–water partition coefficient (Wildman–Crippen LogP) is -2.52. The molecule has 37 heavy (non-hydrogen) atoms. The van der Waals surface area contributed by atoms with Crippen LogP contribution in [0.1, 0.15) is 0 Å². The second-order valence-electron chi connectivity index (χ2n) is 7.33. The smallest absolute Gasteiger partial charge is 0.350 e. The van der Waals surface area contributed by atoms with E-state index in [0.29, 0.717) is 17.7 Å². The zero-order valence-corrected chi connectivity index (χ0v) is 20.9. The lowest BCUT2D eigenvalue weighted by molar-refractivity contribution is 0.0188. The minimum Gasteiger partial charge on any atom is -0.394 e. The maximum absolute atomic E-state index is 11.4. The second kappa shape index (κ2) is 13.0. The van der Waals surface area contributed by atoms with Crippen LogP contribution in [0.4, 0.5) is 17.6 Å². The third-order valence-corrected chi connectivity index (χ3v) is 5.23. The molecule has 0 aromatic carbocycles. The van der Waals surface area contributed by atoms with Crippen LogP contribution in [0.25, 0.3) is 11.2 Å².